The number of anilines is 3. The summed E-state index contributed by atoms with van der Waals surface area (Å²) in [6.07, 6.45) is 2.17. The van der Waals surface area contributed by atoms with E-state index in [2.05, 4.69) is 47.8 Å². The van der Waals surface area contributed by atoms with Crippen LogP contribution in [0.25, 0.3) is 0 Å². The maximum atomic E-state index is 14.4. The molecule has 3 aliphatic heterocycles. The van der Waals surface area contributed by atoms with Crippen LogP contribution in [0.3, 0.4) is 0 Å². The van der Waals surface area contributed by atoms with Gasteiger partial charge >= 0.3 is 0 Å². The minimum absolute atomic E-state index is 0.0134. The number of methoxy groups -OCH3 is 1. The zero-order valence-electron chi connectivity index (χ0n) is 30.2. The Morgan fingerprint density at radius 1 is 1.02 bits per heavy atom. The molecule has 0 bridgehead atoms. The maximum absolute atomic E-state index is 14.4. The third-order valence-electron chi connectivity index (χ3n) is 11.5. The van der Waals surface area contributed by atoms with Gasteiger partial charge in [-0.1, -0.05) is 85.0 Å². The predicted octanol–water partition coefficient (Wildman–Crippen LogP) is 5.73. The van der Waals surface area contributed by atoms with Crippen molar-refractivity contribution in [1.82, 2.24) is 15.0 Å². The molecule has 1 saturated heterocycles. The van der Waals surface area contributed by atoms with Crippen LogP contribution in [0.2, 0.25) is 18.6 Å². The number of carbonyl (C=O) groups is 2. The van der Waals surface area contributed by atoms with Gasteiger partial charge in [-0.15, -0.1) is 5.10 Å². The van der Waals surface area contributed by atoms with Crippen molar-refractivity contribution in [2.75, 3.05) is 30.5 Å². The van der Waals surface area contributed by atoms with Crippen LogP contribution in [-0.4, -0.2) is 66.4 Å². The molecule has 8 rings (SSSR count). The number of hydrogen-bond donors (Lipinski definition) is 2. The number of para-hydroxylation sites is 2. The molecule has 0 aliphatic carbocycles. The van der Waals surface area contributed by atoms with E-state index < -0.39 is 13.7 Å². The highest BCUT2D eigenvalue weighted by Gasteiger charge is 2.64. The lowest BCUT2D eigenvalue weighted by Gasteiger charge is -2.37. The van der Waals surface area contributed by atoms with Gasteiger partial charge < -0.3 is 24.6 Å². The minimum atomic E-state index is -2.38. The average Bonchev–Trinajstić information content (AvgIpc) is 3.85. The molecule has 2 N–H and O–H groups in total. The standard InChI is InChI=1S/C41H43N5O6Si/c1-26-39(53(3,4)30-17-15-29(50-2)16-18-30)37(20-21-45-23-34(43-44-45)31(24-47)27-10-6-5-7-11-27)52-41(26)32-22-28(14-19-33(32)42-40(41)49)46-35-12-8-9-13-36(35)51-25-38(46)48/h5-19,22-23,26,31,37,39,47H,20-21,24-25H2,1-4H3,(H,42,49)/t26-,31?,37+,39-,41+/m1/s1. The highest BCUT2D eigenvalue weighted by molar-refractivity contribution is 6.91. The second-order valence-corrected chi connectivity index (χ2v) is 19.4. The fourth-order valence-electron chi connectivity index (χ4n) is 8.81. The molecule has 1 unspecified atom stereocenters. The van der Waals surface area contributed by atoms with Gasteiger partial charge in [-0.3, -0.25) is 19.2 Å². The monoisotopic (exact) mass is 729 g/mol. The van der Waals surface area contributed by atoms with Crippen LogP contribution in [0, 0.1) is 5.92 Å². The van der Waals surface area contributed by atoms with Crippen LogP contribution < -0.4 is 24.9 Å². The first-order chi connectivity index (χ1) is 25.6. The number of aliphatic hydroxyl groups excluding tert-OH is 1. The molecule has 12 heteroatoms. The van der Waals surface area contributed by atoms with E-state index in [0.29, 0.717) is 41.5 Å². The van der Waals surface area contributed by atoms with Crippen LogP contribution in [-0.2, 0) is 26.5 Å². The Bertz CT molecular complexity index is 2160. The Balaban J connectivity index is 1.16. The topological polar surface area (TPSA) is 128 Å². The van der Waals surface area contributed by atoms with E-state index in [1.165, 1.54) is 5.19 Å². The molecule has 4 heterocycles. The van der Waals surface area contributed by atoms with Crippen LogP contribution in [0.4, 0.5) is 17.1 Å². The molecule has 11 nitrogen and oxygen atoms in total. The number of aliphatic hydroxyl groups is 1. The van der Waals surface area contributed by atoms with Gasteiger partial charge in [-0.2, -0.15) is 0 Å². The van der Waals surface area contributed by atoms with Crippen LogP contribution in [0.5, 0.6) is 11.5 Å². The van der Waals surface area contributed by atoms with Gasteiger partial charge in [-0.25, -0.2) is 0 Å². The van der Waals surface area contributed by atoms with E-state index in [-0.39, 0.29) is 48.5 Å². The summed E-state index contributed by atoms with van der Waals surface area (Å²) >= 11 is 0. The minimum Gasteiger partial charge on any atom is -0.497 e. The summed E-state index contributed by atoms with van der Waals surface area (Å²) in [7, 11) is -0.715. The summed E-state index contributed by atoms with van der Waals surface area (Å²) in [4.78, 5) is 29.4. The largest absolute Gasteiger partial charge is 0.497 e. The van der Waals surface area contributed by atoms with Gasteiger partial charge in [0.2, 0.25) is 0 Å². The summed E-state index contributed by atoms with van der Waals surface area (Å²) in [5.41, 5.74) is 3.10. The van der Waals surface area contributed by atoms with E-state index in [9.17, 15) is 14.7 Å². The molecule has 0 radical (unpaired) electrons. The molecule has 1 aromatic heterocycles. The molecule has 0 saturated carbocycles. The highest BCUT2D eigenvalue weighted by atomic mass is 28.3. The molecule has 3 aliphatic rings. The number of aromatic nitrogens is 3. The number of benzene rings is 4. The van der Waals surface area contributed by atoms with Crippen molar-refractivity contribution in [1.29, 1.82) is 0 Å². The average molecular weight is 730 g/mol. The number of nitrogens with one attached hydrogen (secondary N) is 1. The molecular formula is C41H43N5O6Si. The fourth-order valence-corrected chi connectivity index (χ4v) is 12.9. The Labute approximate surface area is 309 Å². The zero-order valence-corrected chi connectivity index (χ0v) is 31.2. The smallest absolute Gasteiger partial charge is 0.269 e. The Morgan fingerprint density at radius 3 is 2.53 bits per heavy atom. The van der Waals surface area contributed by atoms with Gasteiger partial charge in [0.1, 0.15) is 11.5 Å². The number of amides is 2. The molecule has 53 heavy (non-hydrogen) atoms. The third-order valence-corrected chi connectivity index (χ3v) is 15.8. The fraction of sp³-hybridized carbons (Fsp3) is 0.317. The third kappa shape index (κ3) is 5.81. The normalized spacial score (nSPS) is 22.7. The molecule has 1 spiro atoms. The SMILES string of the molecule is COc1ccc([Si](C)(C)[C@H]2[C@H](CCn3cc(C(CO)c4ccccc4)nn3)O[C@@]3(C(=O)Nc4ccc(N5C(=O)COc6ccccc65)cc43)[C@@H]2C)cc1. The lowest BCUT2D eigenvalue weighted by Crippen LogP contribution is -2.51. The van der Waals surface area contributed by atoms with Crippen molar-refractivity contribution in [3.05, 3.63) is 120 Å². The van der Waals surface area contributed by atoms with Crippen LogP contribution >= 0.6 is 0 Å². The van der Waals surface area contributed by atoms with Crippen molar-refractivity contribution in [3.63, 3.8) is 0 Å². The first-order valence-electron chi connectivity index (χ1n) is 18.0. The molecular weight excluding hydrogens is 687 g/mol. The van der Waals surface area contributed by atoms with Crippen molar-refractivity contribution >= 4 is 42.1 Å². The van der Waals surface area contributed by atoms with Crippen molar-refractivity contribution in [3.8, 4) is 11.5 Å². The Kier molecular flexibility index (Phi) is 8.92. The number of hydrogen-bond acceptors (Lipinski definition) is 8. The summed E-state index contributed by atoms with van der Waals surface area (Å²) in [5.74, 6) is 0.514. The summed E-state index contributed by atoms with van der Waals surface area (Å²) in [5, 5.41) is 23.5. The summed E-state index contributed by atoms with van der Waals surface area (Å²) in [6.45, 7) is 7.17. The quantitative estimate of drug-likeness (QED) is 0.175. The molecule has 1 fully saturated rings. The number of rotatable bonds is 10. The Morgan fingerprint density at radius 2 is 1.77 bits per heavy atom. The second-order valence-electron chi connectivity index (χ2n) is 14.7. The summed E-state index contributed by atoms with van der Waals surface area (Å²) in [6, 6.07) is 31.2. The van der Waals surface area contributed by atoms with E-state index in [1.807, 2.05) is 91.1 Å². The molecule has 5 atom stereocenters. The van der Waals surface area contributed by atoms with Gasteiger partial charge in [0.15, 0.2) is 12.2 Å². The molecule has 5 aromatic rings. The van der Waals surface area contributed by atoms with Gasteiger partial charge in [0, 0.05) is 35.6 Å². The highest BCUT2D eigenvalue weighted by Crippen LogP contribution is 2.59. The number of fused-ring (bicyclic) bond motifs is 3. The maximum Gasteiger partial charge on any atom is 0.269 e. The van der Waals surface area contributed by atoms with E-state index >= 15 is 0 Å². The van der Waals surface area contributed by atoms with E-state index in [1.54, 1.807) is 16.7 Å². The number of aryl methyl sites for hydroxylation is 1. The first-order valence-corrected chi connectivity index (χ1v) is 21.1. The number of carbonyl (C=O) groups excluding carboxylic acids is 2. The van der Waals surface area contributed by atoms with E-state index in [4.69, 9.17) is 14.2 Å². The molecule has 4 aromatic carbocycles. The lowest BCUT2D eigenvalue weighted by molar-refractivity contribution is -0.143. The number of nitrogens with zero attached hydrogens (tertiary/aromatic N) is 4. The Hall–Kier alpha value is -5.30. The molecule has 272 valence electrons. The van der Waals surface area contributed by atoms with Gasteiger partial charge in [0.25, 0.3) is 11.8 Å². The van der Waals surface area contributed by atoms with Crippen molar-refractivity contribution < 1.29 is 28.9 Å². The molecule has 2 amide bonds. The predicted molar refractivity (Wildman–Crippen MR) is 204 cm³/mol. The zero-order chi connectivity index (χ0) is 36.9. The van der Waals surface area contributed by atoms with E-state index in [0.717, 1.165) is 16.9 Å². The second kappa shape index (κ2) is 13.6. The van der Waals surface area contributed by atoms with Crippen molar-refractivity contribution in [2.45, 2.75) is 56.1 Å². The van der Waals surface area contributed by atoms with Gasteiger partial charge in [-0.05, 0) is 60.0 Å². The van der Waals surface area contributed by atoms with Crippen LogP contribution in [0.15, 0.2) is 103 Å². The van der Waals surface area contributed by atoms with Crippen molar-refractivity contribution in [2.24, 2.45) is 5.92 Å². The number of ether oxygens (including phenoxy) is 3. The summed E-state index contributed by atoms with van der Waals surface area (Å²) < 4.78 is 20.2. The van der Waals surface area contributed by atoms with Crippen LogP contribution in [0.1, 0.15) is 36.1 Å². The van der Waals surface area contributed by atoms with Gasteiger partial charge in [0.05, 0.1) is 45.2 Å². The lowest BCUT2D eigenvalue weighted by atomic mass is 9.82. The first kappa shape index (κ1) is 34.8.